The van der Waals surface area contributed by atoms with E-state index in [9.17, 15) is 5.26 Å². The molecular formula is C53H42N4O. The lowest BCUT2D eigenvalue weighted by Crippen LogP contribution is -2.42. The Labute approximate surface area is 338 Å². The molecular weight excluding hydrogens is 709 g/mol. The predicted octanol–water partition coefficient (Wildman–Crippen LogP) is 13.7. The van der Waals surface area contributed by atoms with Crippen molar-refractivity contribution in [3.63, 3.8) is 0 Å². The maximum Gasteiger partial charge on any atom is 0.165 e. The van der Waals surface area contributed by atoms with Gasteiger partial charge in [-0.15, -0.1) is 0 Å². The fraction of sp³-hybridized carbons (Fsp3) is 0.208. The highest BCUT2D eigenvalue weighted by molar-refractivity contribution is 6.20. The van der Waals surface area contributed by atoms with Crippen LogP contribution in [0, 0.1) is 29.1 Å². The van der Waals surface area contributed by atoms with E-state index in [-0.39, 0.29) is 5.41 Å². The van der Waals surface area contributed by atoms with Crippen molar-refractivity contribution in [1.29, 1.82) is 5.26 Å². The predicted molar refractivity (Wildman–Crippen MR) is 235 cm³/mol. The fourth-order valence-electron chi connectivity index (χ4n) is 11.0. The lowest BCUT2D eigenvalue weighted by molar-refractivity contribution is 0.0780. The molecule has 2 aliphatic carbocycles. The Hall–Kier alpha value is -6.64. The van der Waals surface area contributed by atoms with Crippen LogP contribution < -0.4 is 0 Å². The van der Waals surface area contributed by atoms with Gasteiger partial charge in [-0.1, -0.05) is 123 Å². The third kappa shape index (κ3) is 5.70. The lowest BCUT2D eigenvalue weighted by Gasteiger charge is -2.50. The number of furan rings is 1. The van der Waals surface area contributed by atoms with Gasteiger partial charge >= 0.3 is 0 Å². The quantitative estimate of drug-likeness (QED) is 0.164. The van der Waals surface area contributed by atoms with Crippen molar-refractivity contribution in [1.82, 2.24) is 15.0 Å². The summed E-state index contributed by atoms with van der Waals surface area (Å²) in [4.78, 5) is 15.9. The number of hydrogen-bond acceptors (Lipinski definition) is 5. The summed E-state index contributed by atoms with van der Waals surface area (Å²) in [5.41, 5.74) is 8.98. The first-order valence-corrected chi connectivity index (χ1v) is 20.7. The highest BCUT2D eigenvalue weighted by Gasteiger charge is 2.45. The molecule has 7 aromatic carbocycles. The van der Waals surface area contributed by atoms with Gasteiger partial charge in [0.15, 0.2) is 17.5 Å². The molecule has 5 heteroatoms. The van der Waals surface area contributed by atoms with Gasteiger partial charge in [-0.05, 0) is 124 Å². The van der Waals surface area contributed by atoms with Crippen LogP contribution in [-0.4, -0.2) is 15.0 Å². The molecule has 9 aromatic rings. The molecule has 0 N–H and O–H groups in total. The Kier molecular flexibility index (Phi) is 8.05. The van der Waals surface area contributed by atoms with E-state index >= 15 is 0 Å². The summed E-state index contributed by atoms with van der Waals surface area (Å²) in [5, 5.41) is 16.0. The molecule has 2 aliphatic rings. The number of benzene rings is 7. The number of nitriles is 1. The van der Waals surface area contributed by atoms with E-state index in [2.05, 4.69) is 117 Å². The zero-order chi connectivity index (χ0) is 39.0. The molecule has 5 nitrogen and oxygen atoms in total. The van der Waals surface area contributed by atoms with Gasteiger partial charge in [-0.2, -0.15) is 5.26 Å². The molecule has 2 saturated carbocycles. The summed E-state index contributed by atoms with van der Waals surface area (Å²) in [6.07, 6.45) is 6.53. The molecule has 0 amide bonds. The lowest BCUT2D eigenvalue weighted by atomic mass is 9.54. The molecule has 2 unspecified atom stereocenters. The molecule has 2 heterocycles. The van der Waals surface area contributed by atoms with Crippen LogP contribution in [0.5, 0.6) is 0 Å². The molecule has 11 rings (SSSR count). The first kappa shape index (κ1) is 34.6. The van der Waals surface area contributed by atoms with Crippen molar-refractivity contribution in [2.75, 3.05) is 0 Å². The Morgan fingerprint density at radius 1 is 0.517 bits per heavy atom. The third-order valence-corrected chi connectivity index (χ3v) is 13.1. The molecule has 58 heavy (non-hydrogen) atoms. The fourth-order valence-corrected chi connectivity index (χ4v) is 11.0. The molecule has 4 atom stereocenters. The summed E-state index contributed by atoms with van der Waals surface area (Å²) in [5.74, 6) is 4.17. The molecule has 2 fully saturated rings. The van der Waals surface area contributed by atoms with E-state index < -0.39 is 0 Å². The minimum absolute atomic E-state index is 0.241. The highest BCUT2D eigenvalue weighted by Crippen LogP contribution is 2.54. The van der Waals surface area contributed by atoms with Crippen LogP contribution in [0.25, 0.3) is 88.8 Å². The SMILES string of the molecule is C[C@@H]1CC2C[C@H](C)CC(c3ccc(-c4nc(-c5ccc6c(c5)oc5ccccc56)nc(-c5c6ccccc6c(-c6ccc(C#N)cc6)c6ccccc56)n4)cc3)(C2)C1. The van der Waals surface area contributed by atoms with Gasteiger partial charge in [0.25, 0.3) is 0 Å². The zero-order valence-electron chi connectivity index (χ0n) is 32.7. The average Bonchev–Trinajstić information content (AvgIpc) is 3.63. The first-order chi connectivity index (χ1) is 28.4. The second kappa shape index (κ2) is 13.5. The van der Waals surface area contributed by atoms with E-state index in [4.69, 9.17) is 19.4 Å². The van der Waals surface area contributed by atoms with Crippen LogP contribution >= 0.6 is 0 Å². The number of para-hydroxylation sites is 1. The Bertz CT molecular complexity index is 3020. The number of nitrogens with zero attached hydrogens (tertiary/aromatic N) is 4. The van der Waals surface area contributed by atoms with E-state index in [0.717, 1.165) is 89.1 Å². The molecule has 0 radical (unpaired) electrons. The summed E-state index contributed by atoms with van der Waals surface area (Å²) in [7, 11) is 0. The second-order valence-electron chi connectivity index (χ2n) is 17.2. The third-order valence-electron chi connectivity index (χ3n) is 13.1. The van der Waals surface area contributed by atoms with Gasteiger partial charge in [-0.25, -0.2) is 15.0 Å². The van der Waals surface area contributed by atoms with Crippen LogP contribution in [0.2, 0.25) is 0 Å². The Balaban J connectivity index is 1.12. The summed E-state index contributed by atoms with van der Waals surface area (Å²) < 4.78 is 6.36. The summed E-state index contributed by atoms with van der Waals surface area (Å²) >= 11 is 0. The van der Waals surface area contributed by atoms with E-state index in [1.165, 1.54) is 37.7 Å². The molecule has 0 saturated heterocycles. The molecule has 280 valence electrons. The van der Waals surface area contributed by atoms with Gasteiger partial charge in [0.2, 0.25) is 0 Å². The molecule has 2 aromatic heterocycles. The maximum atomic E-state index is 9.55. The molecule has 0 aliphatic heterocycles. The van der Waals surface area contributed by atoms with Crippen molar-refractivity contribution < 1.29 is 4.42 Å². The normalized spacial score (nSPS) is 20.5. The van der Waals surface area contributed by atoms with Crippen molar-refractivity contribution in [3.05, 3.63) is 151 Å². The van der Waals surface area contributed by atoms with Crippen molar-refractivity contribution in [3.8, 4) is 51.4 Å². The van der Waals surface area contributed by atoms with Gasteiger partial charge < -0.3 is 4.42 Å². The monoisotopic (exact) mass is 750 g/mol. The van der Waals surface area contributed by atoms with Gasteiger partial charge in [-0.3, -0.25) is 0 Å². The number of hydrogen-bond donors (Lipinski definition) is 0. The van der Waals surface area contributed by atoms with Gasteiger partial charge in [0.05, 0.1) is 11.6 Å². The largest absolute Gasteiger partial charge is 0.456 e. The first-order valence-electron chi connectivity index (χ1n) is 20.7. The smallest absolute Gasteiger partial charge is 0.165 e. The summed E-state index contributed by atoms with van der Waals surface area (Å²) in [6, 6.07) is 50.9. The number of fused-ring (bicyclic) bond motifs is 7. The number of rotatable bonds is 5. The average molecular weight is 751 g/mol. The molecule has 2 bridgehead atoms. The second-order valence-corrected chi connectivity index (χ2v) is 17.2. The minimum Gasteiger partial charge on any atom is -0.456 e. The topological polar surface area (TPSA) is 75.6 Å². The van der Waals surface area contributed by atoms with Crippen LogP contribution in [0.15, 0.2) is 144 Å². The Morgan fingerprint density at radius 2 is 1.03 bits per heavy atom. The molecule has 0 spiro atoms. The van der Waals surface area contributed by atoms with Crippen LogP contribution in [0.1, 0.15) is 57.1 Å². The van der Waals surface area contributed by atoms with E-state index in [1.54, 1.807) is 0 Å². The van der Waals surface area contributed by atoms with Gasteiger partial charge in [0.1, 0.15) is 11.2 Å². The standard InChI is InChI=1S/C53H42N4O/c1-32-25-35-26-33(2)29-53(28-32,30-35)39-22-19-37(20-23-39)50-55-51(38-21-24-41-40-9-7-8-14-46(40)58-47(41)27-38)57-52(56-50)49-44-12-5-3-10-42(44)48(43-11-4-6-13-45(43)49)36-17-15-34(31-54)16-18-36/h3-24,27,32-33,35H,25-26,28-30H2,1-2H3/t32-,33+,35?,53?. The van der Waals surface area contributed by atoms with Crippen molar-refractivity contribution >= 4 is 43.5 Å². The van der Waals surface area contributed by atoms with E-state index in [0.29, 0.717) is 23.0 Å². The maximum absolute atomic E-state index is 9.55. The van der Waals surface area contributed by atoms with Gasteiger partial charge in [0, 0.05) is 27.5 Å². The highest BCUT2D eigenvalue weighted by atomic mass is 16.3. The van der Waals surface area contributed by atoms with Crippen LogP contribution in [-0.2, 0) is 5.41 Å². The minimum atomic E-state index is 0.241. The zero-order valence-corrected chi connectivity index (χ0v) is 32.7. The van der Waals surface area contributed by atoms with Crippen molar-refractivity contribution in [2.24, 2.45) is 17.8 Å². The summed E-state index contributed by atoms with van der Waals surface area (Å²) in [6.45, 7) is 4.90. The van der Waals surface area contributed by atoms with Crippen LogP contribution in [0.3, 0.4) is 0 Å². The Morgan fingerprint density at radius 3 is 1.67 bits per heavy atom. The van der Waals surface area contributed by atoms with Crippen molar-refractivity contribution in [2.45, 2.75) is 51.4 Å². The van der Waals surface area contributed by atoms with E-state index in [1.807, 2.05) is 42.5 Å². The van der Waals surface area contributed by atoms with Crippen LogP contribution in [0.4, 0.5) is 0 Å². The number of aromatic nitrogens is 3.